The minimum Gasteiger partial charge on any atom is -0.282 e. The molecule has 0 N–H and O–H groups in total. The molecule has 62 valence electrons. The largest absolute Gasteiger partial charge is 0.282 e. The van der Waals surface area contributed by atoms with E-state index in [1.54, 1.807) is 0 Å². The SMILES string of the molecule is CC(=O)Cl.CCCCCC. The van der Waals surface area contributed by atoms with Gasteiger partial charge in [-0.3, -0.25) is 4.79 Å². The molecule has 0 aromatic heterocycles. The second-order valence-corrected chi connectivity index (χ2v) is 2.71. The fourth-order valence-electron chi connectivity index (χ4n) is 0.500. The van der Waals surface area contributed by atoms with Crippen LogP contribution in [0.3, 0.4) is 0 Å². The van der Waals surface area contributed by atoms with Crippen LogP contribution in [0, 0.1) is 0 Å². The first-order valence-corrected chi connectivity index (χ1v) is 4.19. The van der Waals surface area contributed by atoms with Crippen molar-refractivity contribution in [3.8, 4) is 0 Å². The Morgan fingerprint density at radius 2 is 1.40 bits per heavy atom. The van der Waals surface area contributed by atoms with Crippen molar-refractivity contribution in [2.24, 2.45) is 0 Å². The first-order valence-electron chi connectivity index (χ1n) is 3.81. The number of carbonyl (C=O) groups is 1. The number of hydrogen-bond acceptors (Lipinski definition) is 1. The van der Waals surface area contributed by atoms with Gasteiger partial charge in [0.25, 0.3) is 0 Å². The lowest BCUT2D eigenvalue weighted by molar-refractivity contribution is -0.109. The Labute approximate surface area is 68.8 Å². The van der Waals surface area contributed by atoms with E-state index in [9.17, 15) is 4.79 Å². The Morgan fingerprint density at radius 1 is 1.20 bits per heavy atom. The third-order valence-electron chi connectivity index (χ3n) is 0.957. The zero-order valence-corrected chi connectivity index (χ0v) is 7.87. The van der Waals surface area contributed by atoms with Crippen LogP contribution in [-0.2, 0) is 4.79 Å². The zero-order chi connectivity index (χ0) is 8.41. The van der Waals surface area contributed by atoms with Crippen molar-refractivity contribution in [3.05, 3.63) is 0 Å². The average molecular weight is 165 g/mol. The van der Waals surface area contributed by atoms with Gasteiger partial charge in [-0.15, -0.1) is 0 Å². The van der Waals surface area contributed by atoms with Gasteiger partial charge in [0.2, 0.25) is 5.24 Å². The molecule has 1 nitrogen and oxygen atoms in total. The summed E-state index contributed by atoms with van der Waals surface area (Å²) in [6, 6.07) is 0. The summed E-state index contributed by atoms with van der Waals surface area (Å²) in [7, 11) is 0. The van der Waals surface area contributed by atoms with Gasteiger partial charge in [-0.25, -0.2) is 0 Å². The molecule has 0 amide bonds. The minimum atomic E-state index is -0.361. The van der Waals surface area contributed by atoms with E-state index in [0.29, 0.717) is 0 Å². The smallest absolute Gasteiger partial charge is 0.218 e. The van der Waals surface area contributed by atoms with Crippen molar-refractivity contribution in [2.45, 2.75) is 46.5 Å². The van der Waals surface area contributed by atoms with Crippen molar-refractivity contribution in [1.29, 1.82) is 0 Å². The quantitative estimate of drug-likeness (QED) is 0.462. The molecule has 0 saturated heterocycles. The molecule has 10 heavy (non-hydrogen) atoms. The van der Waals surface area contributed by atoms with E-state index in [1.165, 1.54) is 32.6 Å². The van der Waals surface area contributed by atoms with E-state index >= 15 is 0 Å². The van der Waals surface area contributed by atoms with Crippen LogP contribution in [0.4, 0.5) is 0 Å². The Morgan fingerprint density at radius 3 is 1.50 bits per heavy atom. The lowest BCUT2D eigenvalue weighted by Gasteiger charge is -1.86. The topological polar surface area (TPSA) is 17.1 Å². The van der Waals surface area contributed by atoms with Crippen molar-refractivity contribution in [1.82, 2.24) is 0 Å². The predicted molar refractivity (Wildman–Crippen MR) is 46.4 cm³/mol. The molecule has 0 aromatic rings. The number of halogens is 1. The summed E-state index contributed by atoms with van der Waals surface area (Å²) in [6.07, 6.45) is 5.54. The Bertz CT molecular complexity index is 63.7. The van der Waals surface area contributed by atoms with Crippen LogP contribution >= 0.6 is 11.6 Å². The Hall–Kier alpha value is -0.0400. The van der Waals surface area contributed by atoms with E-state index in [-0.39, 0.29) is 5.24 Å². The highest BCUT2D eigenvalue weighted by Gasteiger charge is 1.75. The molecule has 0 heterocycles. The highest BCUT2D eigenvalue weighted by atomic mass is 35.5. The van der Waals surface area contributed by atoms with Crippen molar-refractivity contribution < 1.29 is 4.79 Å². The average Bonchev–Trinajstić information content (AvgIpc) is 1.82. The van der Waals surface area contributed by atoms with Gasteiger partial charge >= 0.3 is 0 Å². The van der Waals surface area contributed by atoms with Gasteiger partial charge in [0.05, 0.1) is 0 Å². The monoisotopic (exact) mass is 164 g/mol. The molecule has 0 aliphatic rings. The Balaban J connectivity index is 0. The zero-order valence-electron chi connectivity index (χ0n) is 7.11. The molecule has 0 radical (unpaired) electrons. The molecule has 0 atom stereocenters. The first-order chi connectivity index (χ1) is 4.65. The highest BCUT2D eigenvalue weighted by molar-refractivity contribution is 6.62. The normalized spacial score (nSPS) is 8.00. The standard InChI is InChI=1S/C6H14.C2H3ClO/c1-3-5-6-4-2;1-2(3)4/h3-6H2,1-2H3;1H3. The van der Waals surface area contributed by atoms with Crippen LogP contribution < -0.4 is 0 Å². The molecule has 0 unspecified atom stereocenters. The lowest BCUT2D eigenvalue weighted by atomic mass is 10.2. The molecule has 0 spiro atoms. The third kappa shape index (κ3) is 44.0. The van der Waals surface area contributed by atoms with Gasteiger partial charge in [-0.2, -0.15) is 0 Å². The fraction of sp³-hybridized carbons (Fsp3) is 0.875. The predicted octanol–water partition coefficient (Wildman–Crippen LogP) is 3.36. The Kier molecular flexibility index (Phi) is 14.8. The van der Waals surface area contributed by atoms with E-state index < -0.39 is 0 Å². The van der Waals surface area contributed by atoms with Crippen LogP contribution in [0.25, 0.3) is 0 Å². The van der Waals surface area contributed by atoms with Crippen molar-refractivity contribution >= 4 is 16.8 Å². The van der Waals surface area contributed by atoms with Gasteiger partial charge in [-0.05, 0) is 11.6 Å². The first kappa shape index (κ1) is 12.6. The van der Waals surface area contributed by atoms with Crippen molar-refractivity contribution in [2.75, 3.05) is 0 Å². The van der Waals surface area contributed by atoms with Crippen LogP contribution in [0.15, 0.2) is 0 Å². The summed E-state index contributed by atoms with van der Waals surface area (Å²) >= 11 is 4.64. The second-order valence-electron chi connectivity index (χ2n) is 2.18. The summed E-state index contributed by atoms with van der Waals surface area (Å²) in [5.74, 6) is 0. The maximum absolute atomic E-state index is 9.21. The van der Waals surface area contributed by atoms with Crippen LogP contribution in [0.5, 0.6) is 0 Å². The maximum Gasteiger partial charge on any atom is 0.218 e. The van der Waals surface area contributed by atoms with E-state index in [1.807, 2.05) is 0 Å². The molecule has 0 bridgehead atoms. The molecule has 0 saturated carbocycles. The number of hydrogen-bond donors (Lipinski definition) is 0. The minimum absolute atomic E-state index is 0.361. The second kappa shape index (κ2) is 11.7. The van der Waals surface area contributed by atoms with Crippen LogP contribution in [0.1, 0.15) is 46.5 Å². The van der Waals surface area contributed by atoms with Crippen LogP contribution in [0.2, 0.25) is 0 Å². The number of rotatable bonds is 3. The van der Waals surface area contributed by atoms with Gasteiger partial charge in [0, 0.05) is 6.92 Å². The molecule has 0 fully saturated rings. The summed E-state index contributed by atoms with van der Waals surface area (Å²) in [5.41, 5.74) is 0. The van der Waals surface area contributed by atoms with Crippen molar-refractivity contribution in [3.63, 3.8) is 0 Å². The van der Waals surface area contributed by atoms with E-state index in [4.69, 9.17) is 0 Å². The van der Waals surface area contributed by atoms with Gasteiger partial charge in [0.1, 0.15) is 0 Å². The van der Waals surface area contributed by atoms with E-state index in [2.05, 4.69) is 25.4 Å². The molecular formula is C8H17ClO. The molecule has 0 aliphatic carbocycles. The summed E-state index contributed by atoms with van der Waals surface area (Å²) in [6.45, 7) is 5.76. The number of carbonyl (C=O) groups excluding carboxylic acids is 1. The summed E-state index contributed by atoms with van der Waals surface area (Å²) < 4.78 is 0. The van der Waals surface area contributed by atoms with E-state index in [0.717, 1.165) is 0 Å². The highest BCUT2D eigenvalue weighted by Crippen LogP contribution is 1.95. The number of unbranched alkanes of at least 4 members (excludes halogenated alkanes) is 3. The maximum atomic E-state index is 9.21. The fourth-order valence-corrected chi connectivity index (χ4v) is 0.500. The van der Waals surface area contributed by atoms with Crippen LogP contribution in [-0.4, -0.2) is 5.24 Å². The van der Waals surface area contributed by atoms with Gasteiger partial charge in [-0.1, -0.05) is 39.5 Å². The molecule has 0 aromatic carbocycles. The lowest BCUT2D eigenvalue weighted by Crippen LogP contribution is -1.66. The van der Waals surface area contributed by atoms with Gasteiger partial charge in [0.15, 0.2) is 0 Å². The van der Waals surface area contributed by atoms with Gasteiger partial charge < -0.3 is 0 Å². The molecule has 2 heteroatoms. The third-order valence-corrected chi connectivity index (χ3v) is 0.957. The molecule has 0 rings (SSSR count). The summed E-state index contributed by atoms with van der Waals surface area (Å²) in [4.78, 5) is 9.21. The molecular weight excluding hydrogens is 148 g/mol. The summed E-state index contributed by atoms with van der Waals surface area (Å²) in [5, 5.41) is -0.361. The molecule has 0 aliphatic heterocycles.